The first-order chi connectivity index (χ1) is 13.3. The fourth-order valence-electron chi connectivity index (χ4n) is 2.78. The number of hydrogen-bond donors (Lipinski definition) is 1. The van der Waals surface area contributed by atoms with Crippen molar-refractivity contribution in [1.29, 1.82) is 0 Å². The molecule has 9 heteroatoms. The zero-order valence-electron chi connectivity index (χ0n) is 15.1. The van der Waals surface area contributed by atoms with Crippen molar-refractivity contribution in [2.24, 2.45) is 5.10 Å². The summed E-state index contributed by atoms with van der Waals surface area (Å²) in [6.45, 7) is -1.45. The van der Waals surface area contributed by atoms with Crippen LogP contribution in [0.5, 0.6) is 11.5 Å². The summed E-state index contributed by atoms with van der Waals surface area (Å²) in [5, 5.41) is 7.23. The molecule has 0 spiro atoms. The van der Waals surface area contributed by atoms with E-state index < -0.39 is 24.1 Å². The highest BCUT2D eigenvalue weighted by molar-refractivity contribution is 6.07. The number of benzene rings is 2. The monoisotopic (exact) mass is 389 g/mol. The van der Waals surface area contributed by atoms with Gasteiger partial charge in [0.1, 0.15) is 5.54 Å². The first kappa shape index (κ1) is 19.3. The van der Waals surface area contributed by atoms with Crippen molar-refractivity contribution in [3.05, 3.63) is 59.7 Å². The van der Waals surface area contributed by atoms with Gasteiger partial charge in [0.05, 0.1) is 13.3 Å². The van der Waals surface area contributed by atoms with E-state index in [9.17, 15) is 18.4 Å². The number of amides is 3. The zero-order valence-corrected chi connectivity index (χ0v) is 15.1. The van der Waals surface area contributed by atoms with E-state index in [4.69, 9.17) is 4.74 Å². The van der Waals surface area contributed by atoms with E-state index in [1.165, 1.54) is 31.5 Å². The van der Waals surface area contributed by atoms with Crippen LogP contribution >= 0.6 is 0 Å². The largest absolute Gasteiger partial charge is 0.493 e. The average molecular weight is 389 g/mol. The highest BCUT2D eigenvalue weighted by Gasteiger charge is 2.49. The summed E-state index contributed by atoms with van der Waals surface area (Å²) in [6, 6.07) is 12.3. The number of hydrogen-bond acceptors (Lipinski definition) is 5. The van der Waals surface area contributed by atoms with Crippen LogP contribution in [0.3, 0.4) is 0 Å². The number of methoxy groups -OCH3 is 1. The van der Waals surface area contributed by atoms with Crippen LogP contribution in [0.15, 0.2) is 53.6 Å². The molecule has 3 amide bonds. The van der Waals surface area contributed by atoms with Gasteiger partial charge in [-0.2, -0.15) is 13.9 Å². The summed E-state index contributed by atoms with van der Waals surface area (Å²) in [5.41, 5.74) is -0.298. The summed E-state index contributed by atoms with van der Waals surface area (Å²) in [4.78, 5) is 25.0. The van der Waals surface area contributed by atoms with E-state index in [1.807, 2.05) is 0 Å². The zero-order chi connectivity index (χ0) is 20.3. The second kappa shape index (κ2) is 7.63. The van der Waals surface area contributed by atoms with Crippen LogP contribution in [0.2, 0.25) is 0 Å². The fourth-order valence-corrected chi connectivity index (χ4v) is 2.78. The minimum absolute atomic E-state index is 0.115. The second-order valence-corrected chi connectivity index (χ2v) is 6.07. The molecule has 1 heterocycles. The topological polar surface area (TPSA) is 80.2 Å². The number of carbonyl (C=O) groups is 2. The molecule has 3 rings (SSSR count). The summed E-state index contributed by atoms with van der Waals surface area (Å²) in [5.74, 6) is -0.630. The molecule has 1 atom stereocenters. The molecule has 146 valence electrons. The molecule has 28 heavy (non-hydrogen) atoms. The van der Waals surface area contributed by atoms with Gasteiger partial charge in [0, 0.05) is 0 Å². The van der Waals surface area contributed by atoms with Crippen LogP contribution < -0.4 is 14.8 Å². The van der Waals surface area contributed by atoms with Crippen molar-refractivity contribution >= 4 is 18.2 Å². The Kier molecular flexibility index (Phi) is 5.25. The summed E-state index contributed by atoms with van der Waals surface area (Å²) in [6.07, 6.45) is 1.20. The smallest absolute Gasteiger partial charge is 0.387 e. The third-order valence-electron chi connectivity index (χ3n) is 4.25. The predicted molar refractivity (Wildman–Crippen MR) is 96.4 cm³/mol. The molecule has 2 aromatic carbocycles. The molecule has 1 fully saturated rings. The number of hydrazone groups is 1. The number of nitrogens with zero attached hydrogens (tertiary/aromatic N) is 2. The lowest BCUT2D eigenvalue weighted by molar-refractivity contribution is -0.131. The molecule has 1 aliphatic rings. The quantitative estimate of drug-likeness (QED) is 0.608. The molecule has 0 saturated carbocycles. The molecule has 0 radical (unpaired) electrons. The third-order valence-corrected chi connectivity index (χ3v) is 4.25. The predicted octanol–water partition coefficient (Wildman–Crippen LogP) is 3.10. The number of rotatable bonds is 6. The van der Waals surface area contributed by atoms with Crippen LogP contribution in [-0.2, 0) is 10.3 Å². The van der Waals surface area contributed by atoms with Crippen molar-refractivity contribution in [2.75, 3.05) is 7.11 Å². The van der Waals surface area contributed by atoms with E-state index in [2.05, 4.69) is 15.2 Å². The van der Waals surface area contributed by atoms with Gasteiger partial charge >= 0.3 is 12.6 Å². The van der Waals surface area contributed by atoms with Crippen molar-refractivity contribution in [3.63, 3.8) is 0 Å². The Morgan fingerprint density at radius 2 is 1.86 bits per heavy atom. The normalized spacial score (nSPS) is 19.4. The minimum Gasteiger partial charge on any atom is -0.493 e. The first-order valence-electron chi connectivity index (χ1n) is 8.24. The average Bonchev–Trinajstić information content (AvgIpc) is 2.90. The van der Waals surface area contributed by atoms with Gasteiger partial charge in [-0.1, -0.05) is 30.3 Å². The maximum absolute atomic E-state index is 12.8. The Balaban J connectivity index is 1.84. The maximum atomic E-state index is 12.8. The Labute approximate surface area is 159 Å². The van der Waals surface area contributed by atoms with Gasteiger partial charge in [-0.25, -0.2) is 4.79 Å². The van der Waals surface area contributed by atoms with Gasteiger partial charge in [0.25, 0.3) is 5.91 Å². The summed E-state index contributed by atoms with van der Waals surface area (Å²) in [7, 11) is 1.32. The van der Waals surface area contributed by atoms with Gasteiger partial charge < -0.3 is 14.8 Å². The Morgan fingerprint density at radius 3 is 2.50 bits per heavy atom. The molecule has 0 unspecified atom stereocenters. The first-order valence-corrected chi connectivity index (χ1v) is 8.24. The Morgan fingerprint density at radius 1 is 1.14 bits per heavy atom. The number of urea groups is 1. The molecule has 1 saturated heterocycles. The summed E-state index contributed by atoms with van der Waals surface area (Å²) < 4.78 is 34.4. The van der Waals surface area contributed by atoms with Crippen molar-refractivity contribution in [1.82, 2.24) is 10.3 Å². The van der Waals surface area contributed by atoms with Gasteiger partial charge in [0.2, 0.25) is 0 Å². The van der Waals surface area contributed by atoms with Crippen molar-refractivity contribution < 1.29 is 27.8 Å². The minimum atomic E-state index is -3.03. The lowest BCUT2D eigenvalue weighted by Gasteiger charge is -2.20. The molecular formula is C19H17F2N3O4. The maximum Gasteiger partial charge on any atom is 0.387 e. The molecule has 0 aliphatic carbocycles. The van der Waals surface area contributed by atoms with E-state index >= 15 is 0 Å². The molecule has 7 nitrogen and oxygen atoms in total. The number of carbonyl (C=O) groups excluding carboxylic acids is 2. The SMILES string of the molecule is COc1ccc(/C=N\N2C(=O)N[C@@](C)(c3ccccc3)C2=O)cc1OC(F)F. The Hall–Kier alpha value is -3.49. The lowest BCUT2D eigenvalue weighted by Crippen LogP contribution is -2.40. The van der Waals surface area contributed by atoms with Crippen LogP contribution in [0.1, 0.15) is 18.1 Å². The number of nitrogens with one attached hydrogen (secondary N) is 1. The fraction of sp³-hybridized carbons (Fsp3) is 0.211. The molecule has 2 aromatic rings. The van der Waals surface area contributed by atoms with Crippen LogP contribution in [-0.4, -0.2) is 36.9 Å². The Bertz CT molecular complexity index is 921. The van der Waals surface area contributed by atoms with Crippen LogP contribution in [0.4, 0.5) is 13.6 Å². The lowest BCUT2D eigenvalue weighted by atomic mass is 9.92. The number of halogens is 2. The van der Waals surface area contributed by atoms with Crippen LogP contribution in [0.25, 0.3) is 0 Å². The molecule has 1 aliphatic heterocycles. The van der Waals surface area contributed by atoms with E-state index in [-0.39, 0.29) is 11.5 Å². The molecule has 0 aromatic heterocycles. The number of alkyl halides is 2. The third kappa shape index (κ3) is 3.64. The highest BCUT2D eigenvalue weighted by Crippen LogP contribution is 2.30. The van der Waals surface area contributed by atoms with Gasteiger partial charge in [-0.15, -0.1) is 5.01 Å². The number of ether oxygens (including phenoxy) is 2. The standard InChI is InChI=1S/C19H17F2N3O4/c1-19(13-6-4-3-5-7-13)16(25)24(18(26)23-19)22-11-12-8-9-14(27-2)15(10-12)28-17(20)21/h3-11,17H,1-2H3,(H,23,26)/b22-11-/t19-/m0/s1. The van der Waals surface area contributed by atoms with Gasteiger partial charge in [-0.3, -0.25) is 4.79 Å². The second-order valence-electron chi connectivity index (χ2n) is 6.07. The van der Waals surface area contributed by atoms with E-state index in [0.29, 0.717) is 16.1 Å². The molecular weight excluding hydrogens is 372 g/mol. The van der Waals surface area contributed by atoms with Crippen molar-refractivity contribution in [2.45, 2.75) is 19.1 Å². The van der Waals surface area contributed by atoms with E-state index in [0.717, 1.165) is 0 Å². The van der Waals surface area contributed by atoms with E-state index in [1.54, 1.807) is 37.3 Å². The summed E-state index contributed by atoms with van der Waals surface area (Å²) >= 11 is 0. The van der Waals surface area contributed by atoms with Gasteiger partial charge in [-0.05, 0) is 36.2 Å². The van der Waals surface area contributed by atoms with Crippen molar-refractivity contribution in [3.8, 4) is 11.5 Å². The van der Waals surface area contributed by atoms with Gasteiger partial charge in [0.15, 0.2) is 11.5 Å². The molecule has 1 N–H and O–H groups in total. The van der Waals surface area contributed by atoms with Crippen LogP contribution in [0, 0.1) is 0 Å². The molecule has 0 bridgehead atoms. The number of imide groups is 1. The highest BCUT2D eigenvalue weighted by atomic mass is 19.3.